The van der Waals surface area contributed by atoms with Gasteiger partial charge >= 0.3 is 0 Å². The standard InChI is InChI=1S/C15H14F3N3/c1-2-3-12-9-6-19-7-13(9)21-15(20-12)8-4-10(16)14(18)11(17)5-8/h4-5,19H,2-3,6-7H2,1H3. The molecular formula is C15H14F3N3. The molecule has 1 aliphatic heterocycles. The van der Waals surface area contributed by atoms with Gasteiger partial charge in [-0.2, -0.15) is 0 Å². The molecule has 1 N–H and O–H groups in total. The maximum absolute atomic E-state index is 13.4. The molecule has 3 nitrogen and oxygen atoms in total. The fourth-order valence-corrected chi connectivity index (χ4v) is 2.50. The molecule has 0 atom stereocenters. The van der Waals surface area contributed by atoms with Crippen molar-refractivity contribution in [3.63, 3.8) is 0 Å². The van der Waals surface area contributed by atoms with Crippen molar-refractivity contribution in [1.82, 2.24) is 15.3 Å². The van der Waals surface area contributed by atoms with Gasteiger partial charge in [0, 0.05) is 29.9 Å². The SMILES string of the molecule is CCCc1nc(-c2cc(F)c(F)c(F)c2)nc2c1CNC2. The van der Waals surface area contributed by atoms with Gasteiger partial charge in [0.05, 0.1) is 5.69 Å². The number of rotatable bonds is 3. The van der Waals surface area contributed by atoms with Gasteiger partial charge in [-0.05, 0) is 18.6 Å². The Morgan fingerprint density at radius 1 is 1.10 bits per heavy atom. The van der Waals surface area contributed by atoms with E-state index in [0.29, 0.717) is 13.1 Å². The largest absolute Gasteiger partial charge is 0.307 e. The Hall–Kier alpha value is -1.95. The minimum absolute atomic E-state index is 0.151. The maximum atomic E-state index is 13.4. The average molecular weight is 293 g/mol. The van der Waals surface area contributed by atoms with E-state index in [1.54, 1.807) is 0 Å². The van der Waals surface area contributed by atoms with E-state index >= 15 is 0 Å². The Bertz CT molecular complexity index is 678. The number of halogens is 3. The lowest BCUT2D eigenvalue weighted by molar-refractivity contribution is 0.447. The molecule has 2 heterocycles. The second kappa shape index (κ2) is 5.44. The number of nitrogens with zero attached hydrogens (tertiary/aromatic N) is 2. The first-order chi connectivity index (χ1) is 10.1. The zero-order valence-electron chi connectivity index (χ0n) is 11.5. The summed E-state index contributed by atoms with van der Waals surface area (Å²) in [5.41, 5.74) is 2.93. The number of hydrogen-bond acceptors (Lipinski definition) is 3. The number of aryl methyl sites for hydroxylation is 1. The van der Waals surface area contributed by atoms with Crippen molar-refractivity contribution < 1.29 is 13.2 Å². The Kier molecular flexibility index (Phi) is 3.63. The number of benzene rings is 1. The summed E-state index contributed by atoms with van der Waals surface area (Å²) in [5, 5.41) is 3.19. The van der Waals surface area contributed by atoms with Gasteiger partial charge in [-0.3, -0.25) is 0 Å². The summed E-state index contributed by atoms with van der Waals surface area (Å²) in [4.78, 5) is 8.76. The Morgan fingerprint density at radius 2 is 1.81 bits per heavy atom. The van der Waals surface area contributed by atoms with Crippen molar-refractivity contribution in [1.29, 1.82) is 0 Å². The molecule has 3 rings (SSSR count). The number of hydrogen-bond donors (Lipinski definition) is 1. The number of nitrogens with one attached hydrogen (secondary N) is 1. The van der Waals surface area contributed by atoms with Gasteiger partial charge in [-0.1, -0.05) is 13.3 Å². The maximum Gasteiger partial charge on any atom is 0.194 e. The fraction of sp³-hybridized carbons (Fsp3) is 0.333. The van der Waals surface area contributed by atoms with E-state index in [-0.39, 0.29) is 11.4 Å². The van der Waals surface area contributed by atoms with Gasteiger partial charge in [-0.25, -0.2) is 23.1 Å². The first-order valence-corrected chi connectivity index (χ1v) is 6.84. The van der Waals surface area contributed by atoms with Crippen LogP contribution in [0.3, 0.4) is 0 Å². The zero-order valence-corrected chi connectivity index (χ0v) is 11.5. The van der Waals surface area contributed by atoms with Gasteiger partial charge in [0.25, 0.3) is 0 Å². The lowest BCUT2D eigenvalue weighted by Crippen LogP contribution is -2.04. The molecule has 1 aromatic carbocycles. The van der Waals surface area contributed by atoms with Crippen molar-refractivity contribution in [2.75, 3.05) is 0 Å². The molecule has 21 heavy (non-hydrogen) atoms. The van der Waals surface area contributed by atoms with Gasteiger partial charge < -0.3 is 5.32 Å². The molecule has 1 aromatic heterocycles. The summed E-state index contributed by atoms with van der Waals surface area (Å²) in [5.74, 6) is -3.71. The van der Waals surface area contributed by atoms with Gasteiger partial charge in [0.15, 0.2) is 23.3 Å². The summed E-state index contributed by atoms with van der Waals surface area (Å²) in [6.45, 7) is 3.35. The zero-order chi connectivity index (χ0) is 15.0. The molecule has 0 radical (unpaired) electrons. The molecule has 0 saturated carbocycles. The molecule has 0 spiro atoms. The Balaban J connectivity index is 2.13. The van der Waals surface area contributed by atoms with E-state index < -0.39 is 17.5 Å². The van der Waals surface area contributed by atoms with Crippen LogP contribution in [0, 0.1) is 17.5 Å². The number of aromatic nitrogens is 2. The van der Waals surface area contributed by atoms with Gasteiger partial charge in [0.1, 0.15) is 0 Å². The van der Waals surface area contributed by atoms with Crippen molar-refractivity contribution in [3.05, 3.63) is 46.5 Å². The van der Waals surface area contributed by atoms with Crippen molar-refractivity contribution in [2.24, 2.45) is 0 Å². The molecule has 0 amide bonds. The third-order valence-electron chi connectivity index (χ3n) is 3.50. The van der Waals surface area contributed by atoms with E-state index in [1.165, 1.54) is 0 Å². The van der Waals surface area contributed by atoms with Crippen LogP contribution in [0.5, 0.6) is 0 Å². The molecular weight excluding hydrogens is 279 g/mol. The highest BCUT2D eigenvalue weighted by molar-refractivity contribution is 5.56. The highest BCUT2D eigenvalue weighted by Gasteiger charge is 2.20. The van der Waals surface area contributed by atoms with Crippen molar-refractivity contribution in [3.8, 4) is 11.4 Å². The first-order valence-electron chi connectivity index (χ1n) is 6.84. The summed E-state index contributed by atoms with van der Waals surface area (Å²) in [6, 6.07) is 1.86. The summed E-state index contributed by atoms with van der Waals surface area (Å²) < 4.78 is 39.8. The Morgan fingerprint density at radius 3 is 2.48 bits per heavy atom. The summed E-state index contributed by atoms with van der Waals surface area (Å²) >= 11 is 0. The first kappa shape index (κ1) is 14.0. The third kappa shape index (κ3) is 2.51. The van der Waals surface area contributed by atoms with Crippen LogP contribution in [0.25, 0.3) is 11.4 Å². The van der Waals surface area contributed by atoms with E-state index in [4.69, 9.17) is 0 Å². The molecule has 0 unspecified atom stereocenters. The van der Waals surface area contributed by atoms with Crippen LogP contribution in [0.15, 0.2) is 12.1 Å². The van der Waals surface area contributed by atoms with Crippen LogP contribution >= 0.6 is 0 Å². The lowest BCUT2D eigenvalue weighted by Gasteiger charge is -2.09. The van der Waals surface area contributed by atoms with Crippen LogP contribution in [-0.2, 0) is 19.5 Å². The topological polar surface area (TPSA) is 37.8 Å². The van der Waals surface area contributed by atoms with Gasteiger partial charge in [-0.15, -0.1) is 0 Å². The molecule has 0 saturated heterocycles. The second-order valence-corrected chi connectivity index (χ2v) is 5.03. The predicted octanol–water partition coefficient (Wildman–Crippen LogP) is 3.12. The van der Waals surface area contributed by atoms with E-state index in [2.05, 4.69) is 15.3 Å². The van der Waals surface area contributed by atoms with Crippen LogP contribution in [-0.4, -0.2) is 9.97 Å². The normalized spacial score (nSPS) is 13.5. The summed E-state index contributed by atoms with van der Waals surface area (Å²) in [7, 11) is 0. The molecule has 1 aliphatic rings. The average Bonchev–Trinajstić information content (AvgIpc) is 2.93. The quantitative estimate of drug-likeness (QED) is 0.884. The van der Waals surface area contributed by atoms with Crippen LogP contribution in [0.2, 0.25) is 0 Å². The molecule has 0 aliphatic carbocycles. The van der Waals surface area contributed by atoms with E-state index in [9.17, 15) is 13.2 Å². The van der Waals surface area contributed by atoms with E-state index in [1.807, 2.05) is 6.92 Å². The fourth-order valence-electron chi connectivity index (χ4n) is 2.50. The third-order valence-corrected chi connectivity index (χ3v) is 3.50. The van der Waals surface area contributed by atoms with Gasteiger partial charge in [0.2, 0.25) is 0 Å². The molecule has 0 bridgehead atoms. The predicted molar refractivity (Wildman–Crippen MR) is 71.9 cm³/mol. The van der Waals surface area contributed by atoms with Crippen molar-refractivity contribution in [2.45, 2.75) is 32.9 Å². The minimum atomic E-state index is -1.48. The second-order valence-electron chi connectivity index (χ2n) is 5.03. The van der Waals surface area contributed by atoms with Crippen LogP contribution in [0.4, 0.5) is 13.2 Å². The molecule has 6 heteroatoms. The van der Waals surface area contributed by atoms with Crippen LogP contribution in [0.1, 0.15) is 30.3 Å². The summed E-state index contributed by atoms with van der Waals surface area (Å²) in [6.07, 6.45) is 1.68. The monoisotopic (exact) mass is 293 g/mol. The smallest absolute Gasteiger partial charge is 0.194 e. The van der Waals surface area contributed by atoms with Crippen molar-refractivity contribution >= 4 is 0 Å². The highest BCUT2D eigenvalue weighted by Crippen LogP contribution is 2.25. The highest BCUT2D eigenvalue weighted by atomic mass is 19.2. The molecule has 110 valence electrons. The molecule has 0 fully saturated rings. The lowest BCUT2D eigenvalue weighted by atomic mass is 10.1. The Labute approximate surface area is 120 Å². The number of fused-ring (bicyclic) bond motifs is 1. The van der Waals surface area contributed by atoms with E-state index in [0.717, 1.165) is 41.9 Å². The minimum Gasteiger partial charge on any atom is -0.307 e. The van der Waals surface area contributed by atoms with Crippen LogP contribution < -0.4 is 5.32 Å². The molecule has 2 aromatic rings.